The Morgan fingerprint density at radius 1 is 1.21 bits per heavy atom. The van der Waals surface area contributed by atoms with Gasteiger partial charge in [-0.2, -0.15) is 4.31 Å². The van der Waals surface area contributed by atoms with Crippen molar-refractivity contribution in [3.63, 3.8) is 0 Å². The van der Waals surface area contributed by atoms with Gasteiger partial charge in [-0.1, -0.05) is 20.8 Å². The second-order valence-corrected chi connectivity index (χ2v) is 7.30. The maximum absolute atomic E-state index is 12.7. The van der Waals surface area contributed by atoms with Gasteiger partial charge in [0.15, 0.2) is 0 Å². The largest absolute Gasteiger partial charge is 0.312 e. The highest BCUT2D eigenvalue weighted by molar-refractivity contribution is 7.89. The molecule has 0 saturated carbocycles. The fourth-order valence-electron chi connectivity index (χ4n) is 1.92. The number of hydrogen-bond donors (Lipinski definition) is 1. The van der Waals surface area contributed by atoms with Crippen LogP contribution >= 0.6 is 11.3 Å². The molecular weight excluding hydrogens is 280 g/mol. The highest BCUT2D eigenvalue weighted by atomic mass is 32.2. The van der Waals surface area contributed by atoms with Crippen molar-refractivity contribution in [2.75, 3.05) is 19.6 Å². The van der Waals surface area contributed by atoms with Crippen LogP contribution in [0.2, 0.25) is 0 Å². The molecule has 0 saturated heterocycles. The van der Waals surface area contributed by atoms with Gasteiger partial charge in [0.05, 0.1) is 4.90 Å². The number of hydrogen-bond acceptors (Lipinski definition) is 4. The van der Waals surface area contributed by atoms with Crippen LogP contribution in [-0.4, -0.2) is 32.4 Å². The molecule has 4 nitrogen and oxygen atoms in total. The second kappa shape index (κ2) is 7.99. The summed E-state index contributed by atoms with van der Waals surface area (Å²) in [6, 6.07) is 1.73. The van der Waals surface area contributed by atoms with Crippen LogP contribution in [0.1, 0.15) is 38.5 Å². The summed E-state index contributed by atoms with van der Waals surface area (Å²) in [5.41, 5.74) is 0. The van der Waals surface area contributed by atoms with Crippen molar-refractivity contribution >= 4 is 21.4 Å². The van der Waals surface area contributed by atoms with Crippen molar-refractivity contribution in [3.8, 4) is 0 Å². The van der Waals surface area contributed by atoms with Gasteiger partial charge >= 0.3 is 0 Å². The van der Waals surface area contributed by atoms with Gasteiger partial charge in [0.1, 0.15) is 0 Å². The third kappa shape index (κ3) is 4.27. The Kier molecular flexibility index (Phi) is 6.99. The quantitative estimate of drug-likeness (QED) is 0.763. The summed E-state index contributed by atoms with van der Waals surface area (Å²) in [4.78, 5) is 1.37. The van der Waals surface area contributed by atoms with E-state index in [1.807, 2.05) is 26.2 Å². The Hall–Kier alpha value is -0.430. The van der Waals surface area contributed by atoms with Crippen LogP contribution in [0.25, 0.3) is 0 Å². The minimum absolute atomic E-state index is 0.473. The van der Waals surface area contributed by atoms with Crippen molar-refractivity contribution < 1.29 is 8.42 Å². The Labute approximate surface area is 120 Å². The van der Waals surface area contributed by atoms with E-state index in [1.54, 1.807) is 10.4 Å². The lowest BCUT2D eigenvalue weighted by molar-refractivity contribution is 0.409. The van der Waals surface area contributed by atoms with Gasteiger partial charge in [0, 0.05) is 24.5 Å². The van der Waals surface area contributed by atoms with E-state index in [1.165, 1.54) is 11.3 Å². The predicted octanol–water partition coefficient (Wildman–Crippen LogP) is 2.67. The van der Waals surface area contributed by atoms with Gasteiger partial charge in [-0.05, 0) is 30.8 Å². The molecule has 6 heteroatoms. The van der Waals surface area contributed by atoms with E-state index in [2.05, 4.69) is 5.32 Å². The highest BCUT2D eigenvalue weighted by Crippen LogP contribution is 2.25. The zero-order valence-corrected chi connectivity index (χ0v) is 13.6. The lowest BCUT2D eigenvalue weighted by atomic mass is 10.4. The normalized spacial score (nSPS) is 12.2. The zero-order valence-electron chi connectivity index (χ0n) is 12.0. The van der Waals surface area contributed by atoms with Crippen molar-refractivity contribution in [1.82, 2.24) is 9.62 Å². The van der Waals surface area contributed by atoms with E-state index in [4.69, 9.17) is 0 Å². The van der Waals surface area contributed by atoms with Gasteiger partial charge in [-0.25, -0.2) is 8.42 Å². The minimum Gasteiger partial charge on any atom is -0.312 e. The topological polar surface area (TPSA) is 49.4 Å². The van der Waals surface area contributed by atoms with Crippen LogP contribution in [0.3, 0.4) is 0 Å². The fraction of sp³-hybridized carbons (Fsp3) is 0.692. The van der Waals surface area contributed by atoms with Crippen molar-refractivity contribution in [2.24, 2.45) is 0 Å². The van der Waals surface area contributed by atoms with Crippen LogP contribution in [0, 0.1) is 0 Å². The van der Waals surface area contributed by atoms with Crippen LogP contribution in [0.4, 0.5) is 0 Å². The number of sulfonamides is 1. The van der Waals surface area contributed by atoms with Crippen LogP contribution < -0.4 is 5.32 Å². The first kappa shape index (κ1) is 16.6. The summed E-state index contributed by atoms with van der Waals surface area (Å²) in [6.45, 7) is 8.66. The van der Waals surface area contributed by atoms with E-state index in [9.17, 15) is 8.42 Å². The molecule has 0 atom stereocenters. The lowest BCUT2D eigenvalue weighted by Gasteiger charge is -2.21. The molecule has 0 unspecified atom stereocenters. The van der Waals surface area contributed by atoms with Gasteiger partial charge in [-0.15, -0.1) is 11.3 Å². The molecule has 0 amide bonds. The zero-order chi connectivity index (χ0) is 14.3. The SMILES string of the molecule is CCCN(CCC)S(=O)(=O)c1ccsc1CNCC. The average molecular weight is 304 g/mol. The molecule has 0 aliphatic heterocycles. The first-order valence-corrected chi connectivity index (χ1v) is 9.17. The first-order valence-electron chi connectivity index (χ1n) is 6.85. The maximum Gasteiger partial charge on any atom is 0.244 e. The van der Waals surface area contributed by atoms with Crippen molar-refractivity contribution in [2.45, 2.75) is 45.1 Å². The molecule has 0 radical (unpaired) electrons. The lowest BCUT2D eigenvalue weighted by Crippen LogP contribution is -2.33. The van der Waals surface area contributed by atoms with Gasteiger partial charge < -0.3 is 5.32 Å². The van der Waals surface area contributed by atoms with E-state index in [0.29, 0.717) is 24.5 Å². The molecule has 1 N–H and O–H groups in total. The molecule has 19 heavy (non-hydrogen) atoms. The number of nitrogens with zero attached hydrogens (tertiary/aromatic N) is 1. The molecule has 0 fully saturated rings. The molecule has 110 valence electrons. The van der Waals surface area contributed by atoms with Crippen molar-refractivity contribution in [3.05, 3.63) is 16.3 Å². The van der Waals surface area contributed by atoms with E-state index >= 15 is 0 Å². The monoisotopic (exact) mass is 304 g/mol. The molecular formula is C13H24N2O2S2. The molecule has 1 rings (SSSR count). The summed E-state index contributed by atoms with van der Waals surface area (Å²) in [6.07, 6.45) is 1.68. The Morgan fingerprint density at radius 2 is 1.84 bits per heavy atom. The summed E-state index contributed by atoms with van der Waals surface area (Å²) in [7, 11) is -3.34. The van der Waals surface area contributed by atoms with E-state index in [-0.39, 0.29) is 0 Å². The summed E-state index contributed by atoms with van der Waals surface area (Å²) in [5, 5.41) is 5.05. The Balaban J connectivity index is 3.00. The standard InChI is InChI=1S/C13H24N2O2S2/c1-4-8-15(9-5-2)19(16,17)13-7-10-18-12(13)11-14-6-3/h7,10,14H,4-6,8-9,11H2,1-3H3. The van der Waals surface area contributed by atoms with Gasteiger partial charge in [0.25, 0.3) is 0 Å². The van der Waals surface area contributed by atoms with E-state index < -0.39 is 10.0 Å². The van der Waals surface area contributed by atoms with Gasteiger partial charge in [0.2, 0.25) is 10.0 Å². The molecule has 0 aliphatic rings. The minimum atomic E-state index is -3.34. The molecule has 0 bridgehead atoms. The molecule has 0 spiro atoms. The van der Waals surface area contributed by atoms with Gasteiger partial charge in [-0.3, -0.25) is 0 Å². The number of thiophene rings is 1. The van der Waals surface area contributed by atoms with Crippen molar-refractivity contribution in [1.29, 1.82) is 0 Å². The maximum atomic E-state index is 12.7. The Bertz CT molecular complexity index is 463. The number of nitrogens with one attached hydrogen (secondary N) is 1. The van der Waals surface area contributed by atoms with Crippen LogP contribution in [-0.2, 0) is 16.6 Å². The Morgan fingerprint density at radius 3 is 2.37 bits per heavy atom. The second-order valence-electron chi connectivity index (χ2n) is 4.39. The summed E-state index contributed by atoms with van der Waals surface area (Å²) in [5.74, 6) is 0. The highest BCUT2D eigenvalue weighted by Gasteiger charge is 2.26. The van der Waals surface area contributed by atoms with Crippen LogP contribution in [0.15, 0.2) is 16.3 Å². The van der Waals surface area contributed by atoms with Crippen LogP contribution in [0.5, 0.6) is 0 Å². The summed E-state index contributed by atoms with van der Waals surface area (Å²) < 4.78 is 26.9. The first-order chi connectivity index (χ1) is 9.07. The molecule has 1 aromatic heterocycles. The fourth-order valence-corrected chi connectivity index (χ4v) is 4.92. The third-order valence-electron chi connectivity index (χ3n) is 2.80. The summed E-state index contributed by atoms with van der Waals surface area (Å²) >= 11 is 1.50. The molecule has 1 aromatic rings. The third-order valence-corrected chi connectivity index (χ3v) is 5.84. The average Bonchev–Trinajstić information content (AvgIpc) is 2.85. The molecule has 1 heterocycles. The molecule has 0 aliphatic carbocycles. The predicted molar refractivity (Wildman–Crippen MR) is 81.0 cm³/mol. The number of rotatable bonds is 9. The molecule has 0 aromatic carbocycles. The smallest absolute Gasteiger partial charge is 0.244 e. The van der Waals surface area contributed by atoms with E-state index in [0.717, 1.165) is 24.3 Å².